The van der Waals surface area contributed by atoms with Crippen molar-refractivity contribution in [2.75, 3.05) is 7.11 Å². The number of nitrogens with one attached hydrogen (secondary N) is 1. The first-order valence-electron chi connectivity index (χ1n) is 7.51. The van der Waals surface area contributed by atoms with Gasteiger partial charge in [0.15, 0.2) is 0 Å². The molecule has 8 heteroatoms. The average Bonchev–Trinajstić information content (AvgIpc) is 2.59. The normalized spacial score (nSPS) is 12.3. The van der Waals surface area contributed by atoms with Crippen LogP contribution in [0.25, 0.3) is 0 Å². The molecule has 1 amide bonds. The van der Waals surface area contributed by atoms with Crippen molar-refractivity contribution in [2.24, 2.45) is 0 Å². The second-order valence-corrected chi connectivity index (χ2v) is 5.89. The second-order valence-electron chi connectivity index (χ2n) is 5.46. The summed E-state index contributed by atoms with van der Waals surface area (Å²) in [6.07, 6.45) is -4.37. The number of carbonyl (C=O) groups excluding carboxylic acids is 2. The summed E-state index contributed by atoms with van der Waals surface area (Å²) in [7, 11) is 1.18. The lowest BCUT2D eigenvalue weighted by atomic mass is 10.0. The number of ether oxygens (including phenoxy) is 1. The van der Waals surface area contributed by atoms with Crippen LogP contribution in [0.5, 0.6) is 0 Å². The molecule has 0 saturated carbocycles. The zero-order valence-electron chi connectivity index (χ0n) is 13.6. The van der Waals surface area contributed by atoms with E-state index in [0.29, 0.717) is 10.6 Å². The Kier molecular flexibility index (Phi) is 6.26. The molecule has 1 N–H and O–H groups in total. The maximum Gasteiger partial charge on any atom is 0.416 e. The lowest BCUT2D eigenvalue weighted by Crippen LogP contribution is -2.43. The van der Waals surface area contributed by atoms with E-state index in [1.807, 2.05) is 0 Å². The van der Waals surface area contributed by atoms with E-state index >= 15 is 0 Å². The summed E-state index contributed by atoms with van der Waals surface area (Å²) in [5.41, 5.74) is -0.170. The molecule has 0 radical (unpaired) electrons. The van der Waals surface area contributed by atoms with Gasteiger partial charge in [0, 0.05) is 17.0 Å². The van der Waals surface area contributed by atoms with Gasteiger partial charge in [-0.15, -0.1) is 0 Å². The Morgan fingerprint density at radius 3 is 2.35 bits per heavy atom. The van der Waals surface area contributed by atoms with Gasteiger partial charge in [-0.2, -0.15) is 13.2 Å². The van der Waals surface area contributed by atoms with Gasteiger partial charge in [0.2, 0.25) is 0 Å². The lowest BCUT2D eigenvalue weighted by Gasteiger charge is -2.17. The van der Waals surface area contributed by atoms with Crippen molar-refractivity contribution in [2.45, 2.75) is 18.6 Å². The monoisotopic (exact) mass is 385 g/mol. The maximum absolute atomic E-state index is 12.6. The van der Waals surface area contributed by atoms with Crippen LogP contribution in [-0.4, -0.2) is 25.0 Å². The summed E-state index contributed by atoms with van der Waals surface area (Å²) in [5.74, 6) is -1.36. The molecule has 1 atom stereocenters. The Hall–Kier alpha value is -2.54. The number of amides is 1. The van der Waals surface area contributed by atoms with Crippen molar-refractivity contribution in [3.8, 4) is 0 Å². The summed E-state index contributed by atoms with van der Waals surface area (Å²) in [6, 6.07) is 9.43. The number of methoxy groups -OCH3 is 1. The number of hydrogen-bond donors (Lipinski definition) is 1. The van der Waals surface area contributed by atoms with Gasteiger partial charge in [-0.05, 0) is 42.0 Å². The number of hydrogen-bond acceptors (Lipinski definition) is 3. The van der Waals surface area contributed by atoms with E-state index in [1.54, 1.807) is 24.3 Å². The molecule has 0 bridgehead atoms. The number of halogens is 4. The number of benzene rings is 2. The van der Waals surface area contributed by atoms with Crippen LogP contribution in [0.15, 0.2) is 48.5 Å². The van der Waals surface area contributed by atoms with Crippen molar-refractivity contribution in [1.29, 1.82) is 0 Å². The SMILES string of the molecule is COC(=O)[C@@H](Cc1cccc(Cl)c1)NC(=O)c1ccc(C(F)(F)F)cc1. The Bertz CT molecular complexity index is 791. The van der Waals surface area contributed by atoms with Crippen LogP contribution in [0.3, 0.4) is 0 Å². The van der Waals surface area contributed by atoms with E-state index in [0.717, 1.165) is 24.3 Å². The number of carbonyl (C=O) groups is 2. The Balaban J connectivity index is 2.14. The molecule has 0 aliphatic heterocycles. The molecule has 0 aromatic heterocycles. The Labute approximate surface area is 152 Å². The van der Waals surface area contributed by atoms with Gasteiger partial charge < -0.3 is 10.1 Å². The molecule has 0 spiro atoms. The smallest absolute Gasteiger partial charge is 0.416 e. The van der Waals surface area contributed by atoms with Crippen LogP contribution in [0, 0.1) is 0 Å². The van der Waals surface area contributed by atoms with E-state index in [9.17, 15) is 22.8 Å². The van der Waals surface area contributed by atoms with E-state index in [2.05, 4.69) is 10.1 Å². The quantitative estimate of drug-likeness (QED) is 0.795. The number of rotatable bonds is 5. The molecule has 26 heavy (non-hydrogen) atoms. The van der Waals surface area contributed by atoms with Gasteiger partial charge in [-0.25, -0.2) is 4.79 Å². The van der Waals surface area contributed by atoms with Crippen molar-refractivity contribution in [3.05, 3.63) is 70.2 Å². The summed E-state index contributed by atoms with van der Waals surface area (Å²) < 4.78 is 42.4. The average molecular weight is 386 g/mol. The van der Waals surface area contributed by atoms with Gasteiger partial charge >= 0.3 is 12.1 Å². The van der Waals surface area contributed by atoms with Crippen LogP contribution in [-0.2, 0) is 22.1 Å². The van der Waals surface area contributed by atoms with E-state index < -0.39 is 29.7 Å². The standard InChI is InChI=1S/C18H15ClF3NO3/c1-26-17(25)15(10-11-3-2-4-14(19)9-11)23-16(24)12-5-7-13(8-6-12)18(20,21)22/h2-9,15H,10H2,1H3,(H,23,24)/t15-/m1/s1. The van der Waals surface area contributed by atoms with Crippen molar-refractivity contribution in [3.63, 3.8) is 0 Å². The van der Waals surface area contributed by atoms with Gasteiger partial charge in [-0.1, -0.05) is 23.7 Å². The first-order chi connectivity index (χ1) is 12.2. The number of esters is 1. The minimum Gasteiger partial charge on any atom is -0.467 e. The fourth-order valence-corrected chi connectivity index (χ4v) is 2.50. The fourth-order valence-electron chi connectivity index (χ4n) is 2.29. The van der Waals surface area contributed by atoms with Crippen LogP contribution in [0.4, 0.5) is 13.2 Å². The predicted octanol–water partition coefficient (Wildman–Crippen LogP) is 3.87. The second kappa shape index (κ2) is 8.23. The topological polar surface area (TPSA) is 55.4 Å². The molecule has 2 aromatic rings. The highest BCUT2D eigenvalue weighted by atomic mass is 35.5. The summed E-state index contributed by atoms with van der Waals surface area (Å²) in [4.78, 5) is 24.2. The largest absolute Gasteiger partial charge is 0.467 e. The van der Waals surface area contributed by atoms with Crippen molar-refractivity contribution >= 4 is 23.5 Å². The highest BCUT2D eigenvalue weighted by Crippen LogP contribution is 2.29. The molecule has 0 fully saturated rings. The summed E-state index contributed by atoms with van der Waals surface area (Å²) >= 11 is 5.90. The summed E-state index contributed by atoms with van der Waals surface area (Å²) in [6.45, 7) is 0. The van der Waals surface area contributed by atoms with Crippen LogP contribution >= 0.6 is 11.6 Å². The van der Waals surface area contributed by atoms with Crippen molar-refractivity contribution in [1.82, 2.24) is 5.32 Å². The van der Waals surface area contributed by atoms with Crippen LogP contribution in [0.1, 0.15) is 21.5 Å². The van der Waals surface area contributed by atoms with E-state index in [-0.39, 0.29) is 12.0 Å². The number of alkyl halides is 3. The molecule has 2 rings (SSSR count). The molecule has 2 aromatic carbocycles. The zero-order valence-corrected chi connectivity index (χ0v) is 14.4. The first kappa shape index (κ1) is 19.8. The lowest BCUT2D eigenvalue weighted by molar-refractivity contribution is -0.142. The molecule has 0 unspecified atom stereocenters. The Morgan fingerprint density at radius 2 is 1.81 bits per heavy atom. The molecule has 0 aliphatic carbocycles. The zero-order chi connectivity index (χ0) is 19.3. The maximum atomic E-state index is 12.6. The summed E-state index contributed by atoms with van der Waals surface area (Å²) in [5, 5.41) is 2.94. The van der Waals surface area contributed by atoms with Crippen molar-refractivity contribution < 1.29 is 27.5 Å². The fraction of sp³-hybridized carbons (Fsp3) is 0.222. The molecule has 0 heterocycles. The molecule has 0 aliphatic rings. The van der Waals surface area contributed by atoms with Gasteiger partial charge in [0.25, 0.3) is 5.91 Å². The predicted molar refractivity (Wildman–Crippen MR) is 89.9 cm³/mol. The van der Waals surface area contributed by atoms with E-state index in [4.69, 9.17) is 11.6 Å². The molecule has 138 valence electrons. The third-order valence-corrected chi connectivity index (χ3v) is 3.83. The van der Waals surface area contributed by atoms with Crippen LogP contribution < -0.4 is 5.32 Å². The van der Waals surface area contributed by atoms with Gasteiger partial charge in [-0.3, -0.25) is 4.79 Å². The first-order valence-corrected chi connectivity index (χ1v) is 7.89. The molecular formula is C18H15ClF3NO3. The minimum atomic E-state index is -4.49. The molecular weight excluding hydrogens is 371 g/mol. The van der Waals surface area contributed by atoms with Gasteiger partial charge in [0.1, 0.15) is 6.04 Å². The highest BCUT2D eigenvalue weighted by Gasteiger charge is 2.30. The molecule has 4 nitrogen and oxygen atoms in total. The van der Waals surface area contributed by atoms with Gasteiger partial charge in [0.05, 0.1) is 12.7 Å². The van der Waals surface area contributed by atoms with E-state index in [1.165, 1.54) is 7.11 Å². The minimum absolute atomic E-state index is 0.00185. The third-order valence-electron chi connectivity index (χ3n) is 3.59. The highest BCUT2D eigenvalue weighted by molar-refractivity contribution is 6.30. The third kappa shape index (κ3) is 5.23. The Morgan fingerprint density at radius 1 is 1.15 bits per heavy atom. The molecule has 0 saturated heterocycles. The van der Waals surface area contributed by atoms with Crippen LogP contribution in [0.2, 0.25) is 5.02 Å².